The number of para-hydroxylation sites is 1. The summed E-state index contributed by atoms with van der Waals surface area (Å²) in [5.41, 5.74) is 2.44. The molecule has 0 bridgehead atoms. The molecule has 2 heterocycles. The van der Waals surface area contributed by atoms with Gasteiger partial charge in [0.05, 0.1) is 18.8 Å². The molecule has 0 atom stereocenters. The van der Waals surface area contributed by atoms with Crippen LogP contribution in [0.4, 0.5) is 5.69 Å². The third kappa shape index (κ3) is 3.17. The zero-order chi connectivity index (χ0) is 16.4. The highest BCUT2D eigenvalue weighted by Gasteiger charge is 2.17. The van der Waals surface area contributed by atoms with E-state index in [1.54, 1.807) is 0 Å². The van der Waals surface area contributed by atoms with Crippen molar-refractivity contribution in [3.05, 3.63) is 51.7 Å². The number of aryl methyl sites for hydroxylation is 2. The molecule has 0 saturated carbocycles. The zero-order valence-corrected chi connectivity index (χ0v) is 14.5. The molecule has 1 aliphatic rings. The minimum atomic E-state index is 0.655. The molecule has 0 amide bonds. The van der Waals surface area contributed by atoms with Gasteiger partial charge in [-0.3, -0.25) is 0 Å². The monoisotopic (exact) mass is 340 g/mol. The predicted molar refractivity (Wildman–Crippen MR) is 94.2 cm³/mol. The highest BCUT2D eigenvalue weighted by Crippen LogP contribution is 2.27. The molecule has 0 N–H and O–H groups in total. The van der Waals surface area contributed by atoms with Gasteiger partial charge in [-0.15, -0.1) is 16.4 Å². The summed E-state index contributed by atoms with van der Waals surface area (Å²) in [7, 11) is 2.05. The van der Waals surface area contributed by atoms with Gasteiger partial charge in [0.2, 0.25) is 0 Å². The van der Waals surface area contributed by atoms with Crippen molar-refractivity contribution < 1.29 is 0 Å². The van der Waals surface area contributed by atoms with Gasteiger partial charge in [-0.05, 0) is 48.2 Å². The third-order valence-electron chi connectivity index (χ3n) is 4.36. The van der Waals surface area contributed by atoms with E-state index in [1.165, 1.54) is 29.8 Å². The van der Waals surface area contributed by atoms with Gasteiger partial charge in [-0.2, -0.15) is 0 Å². The van der Waals surface area contributed by atoms with Crippen molar-refractivity contribution in [1.29, 1.82) is 0 Å². The molecule has 24 heavy (non-hydrogen) atoms. The maximum Gasteiger partial charge on any atom is 0.171 e. The molecule has 1 aliphatic carbocycles. The van der Waals surface area contributed by atoms with Crippen LogP contribution in [0, 0.1) is 0 Å². The summed E-state index contributed by atoms with van der Waals surface area (Å²) in [4.78, 5) is 8.39. The van der Waals surface area contributed by atoms with Crippen LogP contribution in [0.2, 0.25) is 0 Å². The fraction of sp³-hybridized carbons (Fsp3) is 0.412. The predicted octanol–water partition coefficient (Wildman–Crippen LogP) is 2.69. The van der Waals surface area contributed by atoms with Crippen LogP contribution in [0.25, 0.3) is 0 Å². The minimum Gasteiger partial charge on any atom is -0.367 e. The molecular formula is C17H20N6S. The number of thiazole rings is 1. The van der Waals surface area contributed by atoms with E-state index in [2.05, 4.69) is 39.6 Å². The van der Waals surface area contributed by atoms with E-state index in [4.69, 9.17) is 4.98 Å². The molecule has 0 radical (unpaired) electrons. The first kappa shape index (κ1) is 15.3. The van der Waals surface area contributed by atoms with Crippen LogP contribution in [0.1, 0.15) is 34.2 Å². The average Bonchev–Trinajstić information content (AvgIpc) is 3.22. The Morgan fingerprint density at radius 3 is 2.83 bits per heavy atom. The number of tetrazole rings is 1. The summed E-state index contributed by atoms with van der Waals surface area (Å²) in [6.07, 6.45) is 4.83. The molecule has 0 unspecified atom stereocenters. The number of hydrogen-bond donors (Lipinski definition) is 0. The summed E-state index contributed by atoms with van der Waals surface area (Å²) >= 11 is 1.82. The number of fused-ring (bicyclic) bond motifs is 1. The lowest BCUT2D eigenvalue weighted by molar-refractivity contribution is 0.608. The first-order valence-electron chi connectivity index (χ1n) is 8.28. The summed E-state index contributed by atoms with van der Waals surface area (Å²) in [6, 6.07) is 10.3. The topological polar surface area (TPSA) is 59.7 Å². The largest absolute Gasteiger partial charge is 0.367 e. The van der Waals surface area contributed by atoms with Crippen LogP contribution in [0.3, 0.4) is 0 Å². The first-order valence-corrected chi connectivity index (χ1v) is 9.10. The lowest BCUT2D eigenvalue weighted by atomic mass is 10.0. The minimum absolute atomic E-state index is 0.655. The van der Waals surface area contributed by atoms with E-state index in [1.807, 2.05) is 34.2 Å². The van der Waals surface area contributed by atoms with E-state index in [9.17, 15) is 0 Å². The Labute approximate surface area is 145 Å². The van der Waals surface area contributed by atoms with E-state index >= 15 is 0 Å². The number of anilines is 1. The second-order valence-corrected chi connectivity index (χ2v) is 7.30. The Hall–Kier alpha value is -2.28. The quantitative estimate of drug-likeness (QED) is 0.715. The SMILES string of the molecule is CN(Cc1nnnn1Cc1nc2c(s1)CCCC2)c1ccccc1. The highest BCUT2D eigenvalue weighted by molar-refractivity contribution is 7.11. The molecule has 124 valence electrons. The van der Waals surface area contributed by atoms with E-state index in [0.29, 0.717) is 13.1 Å². The van der Waals surface area contributed by atoms with Crippen LogP contribution >= 0.6 is 11.3 Å². The van der Waals surface area contributed by atoms with Crippen molar-refractivity contribution in [3.8, 4) is 0 Å². The van der Waals surface area contributed by atoms with Gasteiger partial charge in [0.15, 0.2) is 5.82 Å². The van der Waals surface area contributed by atoms with Gasteiger partial charge < -0.3 is 4.90 Å². The summed E-state index contributed by atoms with van der Waals surface area (Å²) < 4.78 is 1.86. The maximum atomic E-state index is 4.79. The van der Waals surface area contributed by atoms with Gasteiger partial charge in [0.1, 0.15) is 5.01 Å². The summed E-state index contributed by atoms with van der Waals surface area (Å²) in [5, 5.41) is 13.3. The summed E-state index contributed by atoms with van der Waals surface area (Å²) in [6.45, 7) is 1.32. The average molecular weight is 340 g/mol. The Morgan fingerprint density at radius 2 is 2.00 bits per heavy atom. The fourth-order valence-electron chi connectivity index (χ4n) is 3.05. The van der Waals surface area contributed by atoms with Crippen LogP contribution < -0.4 is 4.90 Å². The summed E-state index contributed by atoms with van der Waals surface area (Å²) in [5.74, 6) is 0.856. The lowest BCUT2D eigenvalue weighted by Crippen LogP contribution is -2.20. The van der Waals surface area contributed by atoms with Gasteiger partial charge in [-0.1, -0.05) is 18.2 Å². The standard InChI is InChI=1S/C17H20N6S/c1-22(13-7-3-2-4-8-13)11-16-19-20-21-23(16)12-17-18-14-9-5-6-10-15(14)24-17/h2-4,7-8H,5-6,9-12H2,1H3. The van der Waals surface area contributed by atoms with Crippen molar-refractivity contribution in [1.82, 2.24) is 25.2 Å². The Morgan fingerprint density at radius 1 is 1.17 bits per heavy atom. The molecule has 2 aromatic heterocycles. The van der Waals surface area contributed by atoms with Crippen molar-refractivity contribution in [2.24, 2.45) is 0 Å². The van der Waals surface area contributed by atoms with E-state index < -0.39 is 0 Å². The van der Waals surface area contributed by atoms with Gasteiger partial charge in [0.25, 0.3) is 0 Å². The number of aromatic nitrogens is 5. The smallest absolute Gasteiger partial charge is 0.171 e. The van der Waals surface area contributed by atoms with E-state index in [-0.39, 0.29) is 0 Å². The molecule has 3 aromatic rings. The van der Waals surface area contributed by atoms with Crippen molar-refractivity contribution in [2.45, 2.75) is 38.8 Å². The molecule has 6 nitrogen and oxygen atoms in total. The fourth-order valence-corrected chi connectivity index (χ4v) is 4.19. The Kier molecular flexibility index (Phi) is 4.25. The molecule has 0 fully saturated rings. The third-order valence-corrected chi connectivity index (χ3v) is 5.50. The number of nitrogens with zero attached hydrogens (tertiary/aromatic N) is 6. The van der Waals surface area contributed by atoms with Crippen molar-refractivity contribution in [3.63, 3.8) is 0 Å². The number of benzene rings is 1. The number of rotatable bonds is 5. The highest BCUT2D eigenvalue weighted by atomic mass is 32.1. The van der Waals surface area contributed by atoms with Gasteiger partial charge >= 0.3 is 0 Å². The van der Waals surface area contributed by atoms with E-state index in [0.717, 1.165) is 22.9 Å². The molecule has 0 spiro atoms. The molecule has 4 rings (SSSR count). The van der Waals surface area contributed by atoms with Crippen LogP contribution in [-0.4, -0.2) is 32.2 Å². The Bertz CT molecular complexity index is 786. The lowest BCUT2D eigenvalue weighted by Gasteiger charge is -2.18. The van der Waals surface area contributed by atoms with Crippen LogP contribution in [-0.2, 0) is 25.9 Å². The molecular weight excluding hydrogens is 320 g/mol. The van der Waals surface area contributed by atoms with Gasteiger partial charge in [-0.25, -0.2) is 9.67 Å². The molecule has 0 saturated heterocycles. The molecule has 7 heteroatoms. The van der Waals surface area contributed by atoms with Gasteiger partial charge in [0, 0.05) is 17.6 Å². The second kappa shape index (κ2) is 6.68. The normalized spacial score (nSPS) is 13.7. The van der Waals surface area contributed by atoms with Crippen molar-refractivity contribution in [2.75, 3.05) is 11.9 Å². The number of hydrogen-bond acceptors (Lipinski definition) is 6. The second-order valence-electron chi connectivity index (χ2n) is 6.13. The van der Waals surface area contributed by atoms with Crippen LogP contribution in [0.5, 0.6) is 0 Å². The zero-order valence-electron chi connectivity index (χ0n) is 13.7. The molecule has 1 aromatic carbocycles. The maximum absolute atomic E-state index is 4.79. The Balaban J connectivity index is 1.49. The van der Waals surface area contributed by atoms with Crippen LogP contribution in [0.15, 0.2) is 30.3 Å². The first-order chi connectivity index (χ1) is 11.8. The molecule has 0 aliphatic heterocycles. The van der Waals surface area contributed by atoms with Crippen molar-refractivity contribution >= 4 is 17.0 Å².